The number of nitrogens with zero attached hydrogens (tertiary/aromatic N) is 2. The molecule has 1 fully saturated rings. The average Bonchev–Trinajstić information content (AvgIpc) is 3.13. The molecular formula is C24H21N3O7S. The van der Waals surface area contributed by atoms with Gasteiger partial charge in [0.05, 0.1) is 35.9 Å². The monoisotopic (exact) mass is 495 g/mol. The van der Waals surface area contributed by atoms with Crippen LogP contribution < -0.4 is 19.5 Å². The summed E-state index contributed by atoms with van der Waals surface area (Å²) < 4.78 is 33.8. The molecule has 3 aromatic rings. The lowest BCUT2D eigenvalue weighted by molar-refractivity contribution is -0.132. The molecule has 11 heteroatoms. The molecule has 1 atom stereocenters. The number of amides is 1. The number of Topliss-reactive ketones (excluding diaryl/α,β-unsaturated/α-hetero) is 1. The number of anilines is 1. The fourth-order valence-electron chi connectivity index (χ4n) is 3.85. The zero-order valence-corrected chi connectivity index (χ0v) is 19.5. The zero-order chi connectivity index (χ0) is 25.3. The standard InChI is InChI=1S/C24H21N3O7S/c1-33-15-8-11-17(19(13-15)34-2)22(28)20-21(18-5-3-4-12-26-18)27(24(30)23(20)29)14-6-9-16(10-7-14)35(25,31)32/h3-13,21,28H,1-2H3,(H2,25,31,32)/b22-20-. The van der Waals surface area contributed by atoms with Gasteiger partial charge in [0, 0.05) is 18.0 Å². The highest BCUT2D eigenvalue weighted by atomic mass is 32.2. The number of aliphatic hydroxyl groups is 1. The average molecular weight is 496 g/mol. The molecule has 0 aliphatic carbocycles. The van der Waals surface area contributed by atoms with Gasteiger partial charge in [-0.05, 0) is 48.5 Å². The number of carbonyl (C=O) groups excluding carboxylic acids is 2. The van der Waals surface area contributed by atoms with Crippen LogP contribution in [-0.2, 0) is 19.6 Å². The largest absolute Gasteiger partial charge is 0.507 e. The Labute approximate surface area is 201 Å². The molecule has 0 saturated carbocycles. The van der Waals surface area contributed by atoms with E-state index in [9.17, 15) is 23.1 Å². The van der Waals surface area contributed by atoms with Crippen LogP contribution in [0.5, 0.6) is 11.5 Å². The predicted octanol–water partition coefficient (Wildman–Crippen LogP) is 2.37. The Morgan fingerprint density at radius 2 is 1.74 bits per heavy atom. The molecule has 2 aromatic carbocycles. The highest BCUT2D eigenvalue weighted by molar-refractivity contribution is 7.89. The van der Waals surface area contributed by atoms with Gasteiger partial charge in [-0.3, -0.25) is 19.5 Å². The van der Waals surface area contributed by atoms with Gasteiger partial charge in [0.2, 0.25) is 10.0 Å². The summed E-state index contributed by atoms with van der Waals surface area (Å²) in [5.74, 6) is -1.62. The van der Waals surface area contributed by atoms with E-state index in [1.165, 1.54) is 56.8 Å². The number of ketones is 1. The fourth-order valence-corrected chi connectivity index (χ4v) is 4.37. The van der Waals surface area contributed by atoms with Crippen molar-refractivity contribution >= 4 is 33.2 Å². The number of ether oxygens (including phenoxy) is 2. The Balaban J connectivity index is 1.93. The lowest BCUT2D eigenvalue weighted by Crippen LogP contribution is -2.29. The number of hydrogen-bond donors (Lipinski definition) is 2. The molecule has 10 nitrogen and oxygen atoms in total. The number of aromatic nitrogens is 1. The molecule has 1 aliphatic heterocycles. The number of aliphatic hydroxyl groups excluding tert-OH is 1. The van der Waals surface area contributed by atoms with Crippen molar-refractivity contribution in [2.75, 3.05) is 19.1 Å². The van der Waals surface area contributed by atoms with Gasteiger partial charge < -0.3 is 14.6 Å². The molecule has 0 radical (unpaired) electrons. The Kier molecular flexibility index (Phi) is 6.29. The minimum atomic E-state index is -3.96. The van der Waals surface area contributed by atoms with E-state index in [-0.39, 0.29) is 27.5 Å². The molecule has 0 bridgehead atoms. The maximum atomic E-state index is 13.2. The minimum Gasteiger partial charge on any atom is -0.507 e. The highest BCUT2D eigenvalue weighted by Gasteiger charge is 2.47. The molecule has 1 saturated heterocycles. The van der Waals surface area contributed by atoms with E-state index in [2.05, 4.69) is 4.98 Å². The number of primary sulfonamides is 1. The second-order valence-corrected chi connectivity index (χ2v) is 9.09. The van der Waals surface area contributed by atoms with Crippen LogP contribution in [0.15, 0.2) is 77.3 Å². The molecular weight excluding hydrogens is 474 g/mol. The molecule has 1 aliphatic rings. The van der Waals surface area contributed by atoms with Crippen molar-refractivity contribution in [1.29, 1.82) is 0 Å². The number of nitrogens with two attached hydrogens (primary N) is 1. The first-order valence-corrected chi connectivity index (χ1v) is 11.8. The molecule has 3 N–H and O–H groups in total. The van der Waals surface area contributed by atoms with Crippen molar-refractivity contribution in [1.82, 2.24) is 4.98 Å². The van der Waals surface area contributed by atoms with Gasteiger partial charge in [-0.15, -0.1) is 0 Å². The zero-order valence-electron chi connectivity index (χ0n) is 18.7. The molecule has 180 valence electrons. The number of sulfonamides is 1. The van der Waals surface area contributed by atoms with Crippen LogP contribution in [0.25, 0.3) is 5.76 Å². The van der Waals surface area contributed by atoms with Gasteiger partial charge in [0.25, 0.3) is 11.7 Å². The first kappa shape index (κ1) is 23.9. The Bertz CT molecular complexity index is 1440. The van der Waals surface area contributed by atoms with Crippen LogP contribution in [0, 0.1) is 0 Å². The van der Waals surface area contributed by atoms with Crippen LogP contribution in [0.2, 0.25) is 0 Å². The fraction of sp³-hybridized carbons (Fsp3) is 0.125. The second-order valence-electron chi connectivity index (χ2n) is 7.53. The summed E-state index contributed by atoms with van der Waals surface area (Å²) in [4.78, 5) is 31.7. The third kappa shape index (κ3) is 4.34. The maximum Gasteiger partial charge on any atom is 0.300 e. The van der Waals surface area contributed by atoms with Crippen molar-refractivity contribution in [3.63, 3.8) is 0 Å². The maximum absolute atomic E-state index is 13.2. The topological polar surface area (TPSA) is 149 Å². The van der Waals surface area contributed by atoms with Crippen LogP contribution in [0.1, 0.15) is 17.3 Å². The Hall–Kier alpha value is -4.22. The van der Waals surface area contributed by atoms with Crippen LogP contribution >= 0.6 is 0 Å². The summed E-state index contributed by atoms with van der Waals surface area (Å²) in [6, 6.07) is 13.7. The van der Waals surface area contributed by atoms with Crippen molar-refractivity contribution in [3.05, 3.63) is 83.7 Å². The second kappa shape index (κ2) is 9.20. The normalized spacial score (nSPS) is 17.5. The van der Waals surface area contributed by atoms with Crippen molar-refractivity contribution < 1.29 is 32.6 Å². The number of methoxy groups -OCH3 is 2. The van der Waals surface area contributed by atoms with E-state index in [1.54, 1.807) is 24.3 Å². The van der Waals surface area contributed by atoms with Crippen molar-refractivity contribution in [2.45, 2.75) is 10.9 Å². The van der Waals surface area contributed by atoms with E-state index in [4.69, 9.17) is 14.6 Å². The van der Waals surface area contributed by atoms with Crippen LogP contribution in [0.4, 0.5) is 5.69 Å². The quantitative estimate of drug-likeness (QED) is 0.301. The van der Waals surface area contributed by atoms with Gasteiger partial charge in [0.15, 0.2) is 0 Å². The van der Waals surface area contributed by atoms with Gasteiger partial charge in [0.1, 0.15) is 23.3 Å². The first-order valence-electron chi connectivity index (χ1n) is 10.2. The van der Waals surface area contributed by atoms with E-state index < -0.39 is 33.5 Å². The summed E-state index contributed by atoms with van der Waals surface area (Å²) in [7, 11) is -1.09. The van der Waals surface area contributed by atoms with E-state index in [0.29, 0.717) is 11.4 Å². The number of pyridine rings is 1. The van der Waals surface area contributed by atoms with Crippen LogP contribution in [-0.4, -0.2) is 44.4 Å². The molecule has 4 rings (SSSR count). The van der Waals surface area contributed by atoms with Gasteiger partial charge in [-0.1, -0.05) is 6.07 Å². The van der Waals surface area contributed by atoms with Gasteiger partial charge in [-0.25, -0.2) is 13.6 Å². The minimum absolute atomic E-state index is 0.157. The molecule has 35 heavy (non-hydrogen) atoms. The SMILES string of the molecule is COc1ccc(/C(O)=C2/C(=O)C(=O)N(c3ccc(S(N)(=O)=O)cc3)C2c2ccccn2)c(OC)c1. The molecule has 1 aromatic heterocycles. The third-order valence-corrected chi connectivity index (χ3v) is 6.45. The molecule has 1 amide bonds. The summed E-state index contributed by atoms with van der Waals surface area (Å²) in [5, 5.41) is 16.4. The number of rotatable bonds is 6. The van der Waals surface area contributed by atoms with E-state index in [0.717, 1.165) is 4.90 Å². The first-order chi connectivity index (χ1) is 16.7. The summed E-state index contributed by atoms with van der Waals surface area (Å²) in [6.45, 7) is 0. The highest BCUT2D eigenvalue weighted by Crippen LogP contribution is 2.43. The molecule has 0 spiro atoms. The smallest absolute Gasteiger partial charge is 0.300 e. The Morgan fingerprint density at radius 3 is 2.31 bits per heavy atom. The summed E-state index contributed by atoms with van der Waals surface area (Å²) in [6.07, 6.45) is 1.49. The van der Waals surface area contributed by atoms with Crippen molar-refractivity contribution in [2.24, 2.45) is 5.14 Å². The molecule has 1 unspecified atom stereocenters. The van der Waals surface area contributed by atoms with Crippen molar-refractivity contribution in [3.8, 4) is 11.5 Å². The van der Waals surface area contributed by atoms with Gasteiger partial charge >= 0.3 is 0 Å². The third-order valence-electron chi connectivity index (χ3n) is 5.52. The number of hydrogen-bond acceptors (Lipinski definition) is 8. The van der Waals surface area contributed by atoms with E-state index in [1.807, 2.05) is 0 Å². The number of benzene rings is 2. The predicted molar refractivity (Wildman–Crippen MR) is 126 cm³/mol. The van der Waals surface area contributed by atoms with E-state index >= 15 is 0 Å². The Morgan fingerprint density at radius 1 is 1.03 bits per heavy atom. The summed E-state index contributed by atoms with van der Waals surface area (Å²) >= 11 is 0. The lowest BCUT2D eigenvalue weighted by Gasteiger charge is -2.24. The summed E-state index contributed by atoms with van der Waals surface area (Å²) in [5.41, 5.74) is 0.511. The lowest BCUT2D eigenvalue weighted by atomic mass is 9.97. The number of carbonyl (C=O) groups is 2. The molecule has 2 heterocycles. The van der Waals surface area contributed by atoms with Crippen LogP contribution in [0.3, 0.4) is 0 Å². The van der Waals surface area contributed by atoms with Gasteiger partial charge in [-0.2, -0.15) is 0 Å².